The highest BCUT2D eigenvalue weighted by molar-refractivity contribution is 9.10. The molecule has 0 saturated carbocycles. The van der Waals surface area contributed by atoms with Gasteiger partial charge in [0, 0.05) is 22.1 Å². The Morgan fingerprint density at radius 1 is 1.05 bits per heavy atom. The number of hydrogen-bond donors (Lipinski definition) is 1. The molecule has 0 spiro atoms. The molecule has 0 radical (unpaired) electrons. The Kier molecular flexibility index (Phi) is 4.66. The predicted octanol–water partition coefficient (Wildman–Crippen LogP) is 5.65. The highest BCUT2D eigenvalue weighted by Gasteiger charge is 2.10. The summed E-state index contributed by atoms with van der Waals surface area (Å²) in [5, 5.41) is 3.35. The van der Waals surface area contributed by atoms with Crippen LogP contribution in [-0.2, 0) is 6.54 Å². The van der Waals surface area contributed by atoms with Crippen LogP contribution in [0.2, 0.25) is 10.0 Å². The Labute approximate surface area is 127 Å². The summed E-state index contributed by atoms with van der Waals surface area (Å²) in [5.41, 5.74) is 0.840. The zero-order chi connectivity index (χ0) is 14.0. The largest absolute Gasteiger partial charge is 0.377 e. The van der Waals surface area contributed by atoms with Gasteiger partial charge in [0.25, 0.3) is 0 Å². The molecule has 2 aromatic carbocycles. The van der Waals surface area contributed by atoms with Crippen LogP contribution in [0.15, 0.2) is 34.8 Å². The summed E-state index contributed by atoms with van der Waals surface area (Å²) in [5.74, 6) is -1.45. The van der Waals surface area contributed by atoms with Crippen molar-refractivity contribution in [3.8, 4) is 0 Å². The van der Waals surface area contributed by atoms with E-state index in [1.807, 2.05) is 6.07 Å². The summed E-state index contributed by atoms with van der Waals surface area (Å²) in [4.78, 5) is 0. The van der Waals surface area contributed by atoms with E-state index in [2.05, 4.69) is 21.2 Å². The molecule has 0 amide bonds. The Morgan fingerprint density at radius 2 is 1.79 bits per heavy atom. The lowest BCUT2D eigenvalue weighted by molar-refractivity contribution is 0.585. The standard InChI is InChI=1S/C13H8BrCl2F2N/c14-8-2-1-7(10(15)3-8)6-19-13-11(16)4-9(17)5-12(13)18/h1-5,19H,6H2. The Balaban J connectivity index is 2.19. The fourth-order valence-electron chi connectivity index (χ4n) is 1.56. The van der Waals surface area contributed by atoms with Crippen molar-refractivity contribution in [3.63, 3.8) is 0 Å². The average Bonchev–Trinajstić information content (AvgIpc) is 2.30. The van der Waals surface area contributed by atoms with E-state index in [9.17, 15) is 8.78 Å². The second-order valence-electron chi connectivity index (χ2n) is 3.83. The van der Waals surface area contributed by atoms with Crippen molar-refractivity contribution in [3.05, 3.63) is 62.0 Å². The Hall–Kier alpha value is -0.840. The number of rotatable bonds is 3. The Bertz CT molecular complexity index is 597. The van der Waals surface area contributed by atoms with Crippen LogP contribution in [0.3, 0.4) is 0 Å². The van der Waals surface area contributed by atoms with E-state index in [0.717, 1.165) is 22.2 Å². The molecular formula is C13H8BrCl2F2N. The second-order valence-corrected chi connectivity index (χ2v) is 5.56. The van der Waals surface area contributed by atoms with Crippen LogP contribution in [-0.4, -0.2) is 0 Å². The molecular weight excluding hydrogens is 359 g/mol. The number of benzene rings is 2. The molecule has 0 aliphatic rings. The van der Waals surface area contributed by atoms with Gasteiger partial charge in [-0.2, -0.15) is 0 Å². The van der Waals surface area contributed by atoms with Crippen molar-refractivity contribution in [2.45, 2.75) is 6.54 Å². The fraction of sp³-hybridized carbons (Fsp3) is 0.0769. The minimum atomic E-state index is -0.738. The first kappa shape index (κ1) is 14.6. The van der Waals surface area contributed by atoms with Crippen LogP contribution in [0.25, 0.3) is 0 Å². The molecule has 0 unspecified atom stereocenters. The normalized spacial score (nSPS) is 10.6. The van der Waals surface area contributed by atoms with Crippen LogP contribution in [0.5, 0.6) is 0 Å². The van der Waals surface area contributed by atoms with Crippen LogP contribution in [0.4, 0.5) is 14.5 Å². The molecule has 0 atom stereocenters. The summed E-state index contributed by atoms with van der Waals surface area (Å²) >= 11 is 15.1. The minimum Gasteiger partial charge on any atom is -0.377 e. The van der Waals surface area contributed by atoms with E-state index in [0.29, 0.717) is 5.02 Å². The first-order chi connectivity index (χ1) is 8.97. The van der Waals surface area contributed by atoms with E-state index in [4.69, 9.17) is 23.2 Å². The topological polar surface area (TPSA) is 12.0 Å². The maximum Gasteiger partial charge on any atom is 0.150 e. The summed E-state index contributed by atoms with van der Waals surface area (Å²) in [6, 6.07) is 7.19. The molecule has 0 bridgehead atoms. The predicted molar refractivity (Wildman–Crippen MR) is 77.8 cm³/mol. The van der Waals surface area contributed by atoms with Crippen LogP contribution >= 0.6 is 39.1 Å². The van der Waals surface area contributed by atoms with E-state index in [1.165, 1.54) is 0 Å². The highest BCUT2D eigenvalue weighted by Crippen LogP contribution is 2.28. The van der Waals surface area contributed by atoms with Gasteiger partial charge in [0.15, 0.2) is 5.82 Å². The lowest BCUT2D eigenvalue weighted by atomic mass is 10.2. The van der Waals surface area contributed by atoms with Gasteiger partial charge < -0.3 is 5.32 Å². The summed E-state index contributed by atoms with van der Waals surface area (Å²) in [7, 11) is 0. The van der Waals surface area contributed by atoms with Gasteiger partial charge in [-0.1, -0.05) is 45.2 Å². The van der Waals surface area contributed by atoms with Gasteiger partial charge in [-0.25, -0.2) is 8.78 Å². The SMILES string of the molecule is Fc1cc(F)c(NCc2ccc(Br)cc2Cl)c(Cl)c1. The van der Waals surface area contributed by atoms with Crippen molar-refractivity contribution < 1.29 is 8.78 Å². The maximum absolute atomic E-state index is 13.6. The first-order valence-electron chi connectivity index (χ1n) is 5.29. The molecule has 0 aromatic heterocycles. The fourth-order valence-corrected chi connectivity index (χ4v) is 2.56. The third-order valence-corrected chi connectivity index (χ3v) is 3.62. The molecule has 100 valence electrons. The molecule has 0 aliphatic heterocycles. The summed E-state index contributed by atoms with van der Waals surface area (Å²) in [6.07, 6.45) is 0. The molecule has 0 aliphatic carbocycles. The molecule has 2 rings (SSSR count). The molecule has 1 N–H and O–H groups in total. The van der Waals surface area contributed by atoms with Gasteiger partial charge >= 0.3 is 0 Å². The quantitative estimate of drug-likeness (QED) is 0.740. The summed E-state index contributed by atoms with van der Waals surface area (Å²) < 4.78 is 27.3. The number of hydrogen-bond acceptors (Lipinski definition) is 1. The molecule has 19 heavy (non-hydrogen) atoms. The maximum atomic E-state index is 13.6. The zero-order valence-corrected chi connectivity index (χ0v) is 12.6. The minimum absolute atomic E-state index is 0.00858. The van der Waals surface area contributed by atoms with E-state index in [-0.39, 0.29) is 17.3 Å². The molecule has 2 aromatic rings. The Morgan fingerprint density at radius 3 is 2.42 bits per heavy atom. The van der Waals surface area contributed by atoms with Crippen LogP contribution in [0, 0.1) is 11.6 Å². The van der Waals surface area contributed by atoms with Crippen molar-refractivity contribution in [1.29, 1.82) is 0 Å². The molecule has 0 fully saturated rings. The van der Waals surface area contributed by atoms with Crippen molar-refractivity contribution in [1.82, 2.24) is 0 Å². The lowest BCUT2D eigenvalue weighted by Gasteiger charge is -2.11. The first-order valence-corrected chi connectivity index (χ1v) is 6.84. The van der Waals surface area contributed by atoms with Crippen molar-refractivity contribution in [2.75, 3.05) is 5.32 Å². The number of nitrogens with one attached hydrogen (secondary N) is 1. The third kappa shape index (κ3) is 3.59. The summed E-state index contributed by atoms with van der Waals surface area (Å²) in [6.45, 7) is 0.286. The van der Waals surface area contributed by atoms with Gasteiger partial charge in [0.05, 0.1) is 10.7 Å². The highest BCUT2D eigenvalue weighted by atomic mass is 79.9. The van der Waals surface area contributed by atoms with Gasteiger partial charge in [-0.3, -0.25) is 0 Å². The monoisotopic (exact) mass is 365 g/mol. The molecule has 6 heteroatoms. The van der Waals surface area contributed by atoms with Crippen LogP contribution in [0.1, 0.15) is 5.56 Å². The van der Waals surface area contributed by atoms with Gasteiger partial charge in [0.1, 0.15) is 5.82 Å². The van der Waals surface area contributed by atoms with E-state index >= 15 is 0 Å². The number of anilines is 1. The lowest BCUT2D eigenvalue weighted by Crippen LogP contribution is -2.03. The smallest absolute Gasteiger partial charge is 0.150 e. The van der Waals surface area contributed by atoms with E-state index < -0.39 is 11.6 Å². The van der Waals surface area contributed by atoms with E-state index in [1.54, 1.807) is 12.1 Å². The third-order valence-electron chi connectivity index (χ3n) is 2.48. The van der Waals surface area contributed by atoms with Crippen LogP contribution < -0.4 is 5.32 Å². The van der Waals surface area contributed by atoms with Gasteiger partial charge in [-0.15, -0.1) is 0 Å². The van der Waals surface area contributed by atoms with Gasteiger partial charge in [0.2, 0.25) is 0 Å². The second kappa shape index (κ2) is 6.07. The zero-order valence-electron chi connectivity index (χ0n) is 9.48. The average molecular weight is 367 g/mol. The van der Waals surface area contributed by atoms with Crippen molar-refractivity contribution >= 4 is 44.8 Å². The van der Waals surface area contributed by atoms with Crippen molar-refractivity contribution in [2.24, 2.45) is 0 Å². The number of halogens is 5. The molecule has 0 heterocycles. The van der Waals surface area contributed by atoms with Gasteiger partial charge in [-0.05, 0) is 23.8 Å². The molecule has 1 nitrogen and oxygen atoms in total. The molecule has 0 saturated heterocycles.